The molecule has 76 valence electrons. The molecule has 2 rings (SSSR count). The van der Waals surface area contributed by atoms with E-state index in [9.17, 15) is 4.79 Å². The second-order valence-corrected chi connectivity index (χ2v) is 4.05. The number of H-pyrrole nitrogens is 1. The summed E-state index contributed by atoms with van der Waals surface area (Å²) < 4.78 is 0. The predicted octanol–water partition coefficient (Wildman–Crippen LogP) is 2.66. The van der Waals surface area contributed by atoms with Crippen LogP contribution in [0.1, 0.15) is 60.5 Å². The smallest absolute Gasteiger partial charge is 0.153 e. The number of hydrogen-bond donors (Lipinski definition) is 1. The molecule has 0 atom stereocenters. The van der Waals surface area contributed by atoms with Crippen molar-refractivity contribution in [3.05, 3.63) is 17.5 Å². The molecule has 0 unspecified atom stereocenters. The first kappa shape index (κ1) is 9.44. The zero-order valence-electron chi connectivity index (χ0n) is 8.33. The van der Waals surface area contributed by atoms with Gasteiger partial charge in [0.25, 0.3) is 0 Å². The summed E-state index contributed by atoms with van der Waals surface area (Å²) in [6.07, 6.45) is 10.2. The summed E-state index contributed by atoms with van der Waals surface area (Å²) in [6, 6.07) is 0. The number of aromatic nitrogens is 2. The van der Waals surface area contributed by atoms with Crippen LogP contribution in [0.25, 0.3) is 0 Å². The highest BCUT2D eigenvalue weighted by atomic mass is 16.1. The van der Waals surface area contributed by atoms with Gasteiger partial charge >= 0.3 is 0 Å². The molecule has 1 aliphatic carbocycles. The minimum atomic E-state index is 0.528. The number of hydrogen-bond acceptors (Lipinski definition) is 2. The van der Waals surface area contributed by atoms with Crippen LogP contribution in [-0.4, -0.2) is 16.5 Å². The minimum Gasteiger partial charge on any atom is -0.298 e. The van der Waals surface area contributed by atoms with E-state index in [1.165, 1.54) is 38.5 Å². The van der Waals surface area contributed by atoms with Gasteiger partial charge in [0, 0.05) is 11.6 Å². The van der Waals surface area contributed by atoms with Crippen molar-refractivity contribution in [2.75, 3.05) is 0 Å². The molecule has 3 nitrogen and oxygen atoms in total. The Morgan fingerprint density at radius 3 is 2.64 bits per heavy atom. The SMILES string of the molecule is O=Cc1cn[nH]c1C1CCCCCC1. The molecular weight excluding hydrogens is 176 g/mol. The lowest BCUT2D eigenvalue weighted by molar-refractivity contribution is 0.112. The molecular formula is C11H16N2O. The van der Waals surface area contributed by atoms with Crippen LogP contribution in [0.3, 0.4) is 0 Å². The summed E-state index contributed by atoms with van der Waals surface area (Å²) in [7, 11) is 0. The fourth-order valence-electron chi connectivity index (χ4n) is 2.29. The first-order valence-electron chi connectivity index (χ1n) is 5.40. The van der Waals surface area contributed by atoms with E-state index in [-0.39, 0.29) is 0 Å². The van der Waals surface area contributed by atoms with Crippen LogP contribution >= 0.6 is 0 Å². The third kappa shape index (κ3) is 1.86. The van der Waals surface area contributed by atoms with Crippen molar-refractivity contribution in [1.29, 1.82) is 0 Å². The first-order valence-corrected chi connectivity index (χ1v) is 5.40. The molecule has 1 heterocycles. The average molecular weight is 192 g/mol. The maximum absolute atomic E-state index is 10.8. The second kappa shape index (κ2) is 4.40. The van der Waals surface area contributed by atoms with E-state index >= 15 is 0 Å². The first-order chi connectivity index (χ1) is 6.92. The Hall–Kier alpha value is -1.12. The van der Waals surface area contributed by atoms with Crippen molar-refractivity contribution in [2.45, 2.75) is 44.4 Å². The van der Waals surface area contributed by atoms with Gasteiger partial charge in [0.1, 0.15) is 0 Å². The molecule has 0 radical (unpaired) electrons. The maximum Gasteiger partial charge on any atom is 0.153 e. The molecule has 3 heteroatoms. The van der Waals surface area contributed by atoms with Gasteiger partial charge in [0.15, 0.2) is 6.29 Å². The van der Waals surface area contributed by atoms with Gasteiger partial charge in [0.05, 0.1) is 11.8 Å². The van der Waals surface area contributed by atoms with Gasteiger partial charge in [-0.15, -0.1) is 0 Å². The molecule has 1 saturated carbocycles. The Labute approximate surface area is 83.9 Å². The predicted molar refractivity (Wildman–Crippen MR) is 54.4 cm³/mol. The van der Waals surface area contributed by atoms with Crippen LogP contribution in [0.15, 0.2) is 6.20 Å². The van der Waals surface area contributed by atoms with Crippen molar-refractivity contribution in [3.8, 4) is 0 Å². The van der Waals surface area contributed by atoms with Crippen molar-refractivity contribution in [2.24, 2.45) is 0 Å². The molecule has 1 aromatic heterocycles. The normalized spacial score (nSPS) is 19.1. The standard InChI is InChI=1S/C11H16N2O/c14-8-10-7-12-13-11(10)9-5-3-1-2-4-6-9/h7-9H,1-6H2,(H,12,13). The topological polar surface area (TPSA) is 45.8 Å². The van der Waals surface area contributed by atoms with Gasteiger partial charge in [-0.25, -0.2) is 0 Å². The summed E-state index contributed by atoms with van der Waals surface area (Å²) in [5.74, 6) is 0.528. The molecule has 0 saturated heterocycles. The number of carbonyl (C=O) groups excluding carboxylic acids is 1. The second-order valence-electron chi connectivity index (χ2n) is 4.05. The van der Waals surface area contributed by atoms with Gasteiger partial charge in [0.2, 0.25) is 0 Å². The van der Waals surface area contributed by atoms with E-state index in [0.29, 0.717) is 5.92 Å². The Bertz CT molecular complexity index is 298. The van der Waals surface area contributed by atoms with Crippen molar-refractivity contribution in [1.82, 2.24) is 10.2 Å². The molecule has 0 aromatic carbocycles. The van der Waals surface area contributed by atoms with E-state index < -0.39 is 0 Å². The Morgan fingerprint density at radius 1 is 1.29 bits per heavy atom. The van der Waals surface area contributed by atoms with Crippen LogP contribution in [-0.2, 0) is 0 Å². The zero-order valence-corrected chi connectivity index (χ0v) is 8.33. The third-order valence-electron chi connectivity index (χ3n) is 3.09. The summed E-state index contributed by atoms with van der Waals surface area (Å²) >= 11 is 0. The van der Waals surface area contributed by atoms with Crippen LogP contribution in [0, 0.1) is 0 Å². The van der Waals surface area contributed by atoms with Crippen molar-refractivity contribution in [3.63, 3.8) is 0 Å². The van der Waals surface area contributed by atoms with E-state index in [4.69, 9.17) is 0 Å². The number of carbonyl (C=O) groups is 1. The molecule has 1 fully saturated rings. The lowest BCUT2D eigenvalue weighted by Crippen LogP contribution is -2.01. The van der Waals surface area contributed by atoms with Crippen molar-refractivity contribution < 1.29 is 4.79 Å². The molecule has 0 spiro atoms. The fourth-order valence-corrected chi connectivity index (χ4v) is 2.29. The molecule has 14 heavy (non-hydrogen) atoms. The molecule has 1 aliphatic rings. The van der Waals surface area contributed by atoms with Gasteiger partial charge in [-0.05, 0) is 12.8 Å². The van der Waals surface area contributed by atoms with Crippen LogP contribution in [0.4, 0.5) is 0 Å². The zero-order chi connectivity index (χ0) is 9.80. The average Bonchev–Trinajstić information content (AvgIpc) is 2.52. The highest BCUT2D eigenvalue weighted by Gasteiger charge is 2.18. The monoisotopic (exact) mass is 192 g/mol. The van der Waals surface area contributed by atoms with E-state index in [2.05, 4.69) is 10.2 Å². The molecule has 0 amide bonds. The number of aromatic amines is 1. The Kier molecular flexibility index (Phi) is 2.96. The molecule has 0 bridgehead atoms. The summed E-state index contributed by atoms with van der Waals surface area (Å²) in [5.41, 5.74) is 1.80. The minimum absolute atomic E-state index is 0.528. The Balaban J connectivity index is 2.15. The molecule has 1 N–H and O–H groups in total. The van der Waals surface area contributed by atoms with Crippen LogP contribution in [0.2, 0.25) is 0 Å². The van der Waals surface area contributed by atoms with Gasteiger partial charge in [-0.1, -0.05) is 25.7 Å². The molecule has 0 aliphatic heterocycles. The van der Waals surface area contributed by atoms with E-state index in [0.717, 1.165) is 17.5 Å². The highest BCUT2D eigenvalue weighted by molar-refractivity contribution is 5.76. The Morgan fingerprint density at radius 2 is 2.00 bits per heavy atom. The van der Waals surface area contributed by atoms with Gasteiger partial charge < -0.3 is 0 Å². The fraction of sp³-hybridized carbons (Fsp3) is 0.636. The molecule has 1 aromatic rings. The summed E-state index contributed by atoms with van der Waals surface area (Å²) in [6.45, 7) is 0. The quantitative estimate of drug-likeness (QED) is 0.578. The lowest BCUT2D eigenvalue weighted by atomic mass is 9.94. The van der Waals surface area contributed by atoms with Crippen LogP contribution in [0.5, 0.6) is 0 Å². The highest BCUT2D eigenvalue weighted by Crippen LogP contribution is 2.31. The van der Waals surface area contributed by atoms with Gasteiger partial charge in [-0.3, -0.25) is 9.89 Å². The number of aldehydes is 1. The lowest BCUT2D eigenvalue weighted by Gasteiger charge is -2.11. The summed E-state index contributed by atoms with van der Waals surface area (Å²) in [5, 5.41) is 6.92. The van der Waals surface area contributed by atoms with E-state index in [1.54, 1.807) is 6.20 Å². The number of rotatable bonds is 2. The van der Waals surface area contributed by atoms with E-state index in [1.807, 2.05) is 0 Å². The number of nitrogens with zero attached hydrogens (tertiary/aromatic N) is 1. The number of nitrogens with one attached hydrogen (secondary N) is 1. The third-order valence-corrected chi connectivity index (χ3v) is 3.09. The summed E-state index contributed by atoms with van der Waals surface area (Å²) in [4.78, 5) is 10.8. The largest absolute Gasteiger partial charge is 0.298 e. The van der Waals surface area contributed by atoms with Gasteiger partial charge in [-0.2, -0.15) is 5.10 Å². The van der Waals surface area contributed by atoms with Crippen molar-refractivity contribution >= 4 is 6.29 Å². The maximum atomic E-state index is 10.8. The van der Waals surface area contributed by atoms with Crippen LogP contribution < -0.4 is 0 Å².